The summed E-state index contributed by atoms with van der Waals surface area (Å²) in [6.45, 7) is 6.34. The Morgan fingerprint density at radius 2 is 1.66 bits per heavy atom. The molecule has 1 aromatic heterocycles. The SMILES string of the molecule is CN1CCN(c2ccc(C(=O)Nc3nn(OC(=O)C(F)(F)F)c4c3CN(C(=O)Nc3ccccc3C#N)C4(C)C)cc2)CC1. The number of nitrogens with zero attached hydrogens (tertiary/aromatic N) is 6. The van der Waals surface area contributed by atoms with Gasteiger partial charge >= 0.3 is 18.2 Å². The standard InChI is InChI=1S/C29H29F3N8O4/c1-28(2)23-21(17-39(28)27(43)34-22-7-5-4-6-19(22)16-33)24(36-40(23)44-26(42)29(30,31)32)35-25(41)18-8-10-20(11-9-18)38-14-12-37(3)13-15-38/h4-11H,12-15,17H2,1-3H3,(H,34,43)(H,35,36,41). The number of piperazine rings is 1. The van der Waals surface area contributed by atoms with E-state index in [0.717, 1.165) is 31.9 Å². The van der Waals surface area contributed by atoms with Crippen molar-refractivity contribution in [2.75, 3.05) is 48.8 Å². The lowest BCUT2D eigenvalue weighted by Crippen LogP contribution is -2.45. The number of urea groups is 1. The van der Waals surface area contributed by atoms with Gasteiger partial charge in [0, 0.05) is 43.0 Å². The minimum Gasteiger partial charge on any atom is -0.369 e. The molecule has 2 N–H and O–H groups in total. The molecule has 3 amide bonds. The number of para-hydroxylation sites is 1. The summed E-state index contributed by atoms with van der Waals surface area (Å²) in [7, 11) is 2.05. The zero-order valence-corrected chi connectivity index (χ0v) is 24.1. The van der Waals surface area contributed by atoms with Gasteiger partial charge in [0.2, 0.25) is 0 Å². The number of alkyl halides is 3. The van der Waals surface area contributed by atoms with Crippen molar-refractivity contribution < 1.29 is 32.4 Å². The zero-order valence-electron chi connectivity index (χ0n) is 24.1. The molecular weight excluding hydrogens is 581 g/mol. The van der Waals surface area contributed by atoms with Crippen LogP contribution in [0.3, 0.4) is 0 Å². The molecule has 3 aromatic rings. The second kappa shape index (κ2) is 11.5. The fourth-order valence-corrected chi connectivity index (χ4v) is 5.23. The number of rotatable bonds is 5. The van der Waals surface area contributed by atoms with E-state index in [0.29, 0.717) is 4.85 Å². The number of amides is 3. The van der Waals surface area contributed by atoms with Gasteiger partial charge in [-0.1, -0.05) is 17.0 Å². The van der Waals surface area contributed by atoms with E-state index >= 15 is 0 Å². The molecule has 0 unspecified atom stereocenters. The number of likely N-dealkylation sites (N-methyl/N-ethyl adjacent to an activating group) is 1. The molecule has 15 heteroatoms. The summed E-state index contributed by atoms with van der Waals surface area (Å²) in [6.07, 6.45) is -5.32. The van der Waals surface area contributed by atoms with Gasteiger partial charge in [-0.2, -0.15) is 18.4 Å². The van der Waals surface area contributed by atoms with Crippen molar-refractivity contribution in [2.24, 2.45) is 0 Å². The van der Waals surface area contributed by atoms with E-state index in [1.165, 1.54) is 30.9 Å². The number of nitriles is 1. The van der Waals surface area contributed by atoms with Gasteiger partial charge in [-0.05, 0) is 57.3 Å². The third-order valence-electron chi connectivity index (χ3n) is 7.69. The lowest BCUT2D eigenvalue weighted by Gasteiger charge is -2.34. The molecule has 0 atom stereocenters. The lowest BCUT2D eigenvalue weighted by atomic mass is 10.0. The number of halogens is 3. The molecule has 12 nitrogen and oxygen atoms in total. The third kappa shape index (κ3) is 5.88. The third-order valence-corrected chi connectivity index (χ3v) is 7.69. The number of benzene rings is 2. The van der Waals surface area contributed by atoms with Crippen LogP contribution in [0.1, 0.15) is 41.0 Å². The lowest BCUT2D eigenvalue weighted by molar-refractivity contribution is -0.202. The fourth-order valence-electron chi connectivity index (χ4n) is 5.23. The molecule has 0 radical (unpaired) electrons. The molecule has 3 heterocycles. The number of hydrogen-bond acceptors (Lipinski definition) is 8. The van der Waals surface area contributed by atoms with Crippen LogP contribution in [0.4, 0.5) is 35.2 Å². The maximum Gasteiger partial charge on any atom is 0.493 e. The first-order valence-electron chi connectivity index (χ1n) is 13.6. The van der Waals surface area contributed by atoms with Crippen LogP contribution in [0.2, 0.25) is 0 Å². The van der Waals surface area contributed by atoms with E-state index in [1.807, 2.05) is 25.2 Å². The van der Waals surface area contributed by atoms with Gasteiger partial charge in [0.25, 0.3) is 5.91 Å². The molecule has 5 rings (SSSR count). The highest BCUT2D eigenvalue weighted by Crippen LogP contribution is 2.42. The molecule has 2 aromatic carbocycles. The first-order chi connectivity index (χ1) is 20.8. The first kappa shape index (κ1) is 30.4. The minimum absolute atomic E-state index is 0.0421. The van der Waals surface area contributed by atoms with E-state index in [4.69, 9.17) is 0 Å². The topological polar surface area (TPSA) is 136 Å². The smallest absolute Gasteiger partial charge is 0.369 e. The van der Waals surface area contributed by atoms with Crippen LogP contribution in [0.5, 0.6) is 0 Å². The molecule has 1 saturated heterocycles. The molecule has 0 bridgehead atoms. The Morgan fingerprint density at radius 1 is 1.00 bits per heavy atom. The van der Waals surface area contributed by atoms with Crippen molar-refractivity contribution in [3.8, 4) is 6.07 Å². The van der Waals surface area contributed by atoms with Crippen LogP contribution in [0, 0.1) is 11.3 Å². The van der Waals surface area contributed by atoms with E-state index in [1.54, 1.807) is 24.3 Å². The maximum absolute atomic E-state index is 13.4. The highest BCUT2D eigenvalue weighted by Gasteiger charge is 2.49. The second-order valence-corrected chi connectivity index (χ2v) is 10.9. The molecule has 2 aliphatic rings. The Bertz CT molecular complexity index is 1640. The summed E-state index contributed by atoms with van der Waals surface area (Å²) in [5.41, 5.74) is 0.402. The fraction of sp³-hybridized carbons (Fsp3) is 0.345. The quantitative estimate of drug-likeness (QED) is 0.448. The predicted molar refractivity (Wildman–Crippen MR) is 153 cm³/mol. The van der Waals surface area contributed by atoms with Gasteiger partial charge in [0.05, 0.1) is 23.3 Å². The van der Waals surface area contributed by atoms with Gasteiger partial charge in [-0.3, -0.25) is 4.79 Å². The summed E-state index contributed by atoms with van der Waals surface area (Å²) < 4.78 is 39.4. The highest BCUT2D eigenvalue weighted by atomic mass is 19.4. The van der Waals surface area contributed by atoms with Crippen molar-refractivity contribution in [1.29, 1.82) is 5.26 Å². The van der Waals surface area contributed by atoms with Crippen LogP contribution in [-0.4, -0.2) is 77.1 Å². The highest BCUT2D eigenvalue weighted by molar-refractivity contribution is 6.04. The van der Waals surface area contributed by atoms with Crippen molar-refractivity contribution in [1.82, 2.24) is 19.7 Å². The molecular formula is C29H29F3N8O4. The summed E-state index contributed by atoms with van der Waals surface area (Å²) in [4.78, 5) is 49.1. The normalized spacial score (nSPS) is 16.2. The van der Waals surface area contributed by atoms with Crippen LogP contribution in [-0.2, 0) is 16.9 Å². The van der Waals surface area contributed by atoms with Crippen LogP contribution in [0.25, 0.3) is 0 Å². The Kier molecular flexibility index (Phi) is 7.96. The van der Waals surface area contributed by atoms with Crippen molar-refractivity contribution in [3.05, 3.63) is 70.9 Å². The Morgan fingerprint density at radius 3 is 2.30 bits per heavy atom. The molecule has 230 valence electrons. The number of anilines is 3. The van der Waals surface area contributed by atoms with E-state index in [2.05, 4.69) is 30.4 Å². The van der Waals surface area contributed by atoms with Crippen molar-refractivity contribution in [3.63, 3.8) is 0 Å². The Hall–Kier alpha value is -5.10. The summed E-state index contributed by atoms with van der Waals surface area (Å²) in [5.74, 6) is -3.31. The largest absolute Gasteiger partial charge is 0.493 e. The zero-order chi connectivity index (χ0) is 31.8. The molecule has 0 saturated carbocycles. The van der Waals surface area contributed by atoms with Crippen LogP contribution in [0.15, 0.2) is 48.5 Å². The number of hydrogen-bond donors (Lipinski definition) is 2. The summed E-state index contributed by atoms with van der Waals surface area (Å²) in [6, 6.07) is 14.5. The number of nitrogens with one attached hydrogen (secondary N) is 2. The Balaban J connectivity index is 1.42. The summed E-state index contributed by atoms with van der Waals surface area (Å²) >= 11 is 0. The number of fused-ring (bicyclic) bond motifs is 1. The van der Waals surface area contributed by atoms with Crippen LogP contribution < -0.4 is 20.4 Å². The van der Waals surface area contributed by atoms with Crippen molar-refractivity contribution >= 4 is 35.1 Å². The average molecular weight is 611 g/mol. The van der Waals surface area contributed by atoms with Gasteiger partial charge in [0.1, 0.15) is 11.8 Å². The van der Waals surface area contributed by atoms with Gasteiger partial charge in [0.15, 0.2) is 5.82 Å². The second-order valence-electron chi connectivity index (χ2n) is 10.9. The maximum atomic E-state index is 13.4. The molecule has 0 aliphatic carbocycles. The number of aromatic nitrogens is 2. The number of carbonyl (C=O) groups excluding carboxylic acids is 3. The van der Waals surface area contributed by atoms with Gasteiger partial charge in [-0.15, -0.1) is 5.10 Å². The van der Waals surface area contributed by atoms with Crippen LogP contribution >= 0.6 is 0 Å². The van der Waals surface area contributed by atoms with Gasteiger partial charge in [-0.25, -0.2) is 9.59 Å². The van der Waals surface area contributed by atoms with Crippen molar-refractivity contribution in [2.45, 2.75) is 32.1 Å². The van der Waals surface area contributed by atoms with Gasteiger partial charge < -0.3 is 30.2 Å². The minimum atomic E-state index is -5.32. The van der Waals surface area contributed by atoms with E-state index < -0.39 is 29.6 Å². The Labute approximate surface area is 250 Å². The molecule has 44 heavy (non-hydrogen) atoms. The van der Waals surface area contributed by atoms with E-state index in [9.17, 15) is 32.8 Å². The molecule has 2 aliphatic heterocycles. The molecule has 0 spiro atoms. The average Bonchev–Trinajstić information content (AvgIpc) is 3.47. The number of carbonyl (C=O) groups is 3. The monoisotopic (exact) mass is 610 g/mol. The van der Waals surface area contributed by atoms with E-state index in [-0.39, 0.29) is 40.4 Å². The molecule has 1 fully saturated rings. The predicted octanol–water partition coefficient (Wildman–Crippen LogP) is 3.56. The first-order valence-corrected chi connectivity index (χ1v) is 13.6. The summed E-state index contributed by atoms with van der Waals surface area (Å²) in [5, 5.41) is 18.6.